The molecule has 2 unspecified atom stereocenters. The third-order valence-corrected chi connectivity index (χ3v) is 4.60. The molecule has 0 heterocycles. The second kappa shape index (κ2) is 10.2. The molecule has 0 fully saturated rings. The highest BCUT2D eigenvalue weighted by Gasteiger charge is 2.27. The van der Waals surface area contributed by atoms with Gasteiger partial charge in [-0.25, -0.2) is 0 Å². The van der Waals surface area contributed by atoms with Gasteiger partial charge in [-0.05, 0) is 25.7 Å². The SMILES string of the molecule is CCCCCCCCC(C)C(C)(Cl)CCCC. The van der Waals surface area contributed by atoms with E-state index in [0.29, 0.717) is 5.92 Å². The lowest BCUT2D eigenvalue weighted by Crippen LogP contribution is -2.26. The molecule has 0 spiro atoms. The lowest BCUT2D eigenvalue weighted by atomic mass is 9.86. The largest absolute Gasteiger partial charge is 0.119 e. The minimum Gasteiger partial charge on any atom is -0.119 e. The van der Waals surface area contributed by atoms with E-state index in [-0.39, 0.29) is 4.87 Å². The molecule has 1 heteroatoms. The van der Waals surface area contributed by atoms with Crippen LogP contribution in [0.3, 0.4) is 0 Å². The van der Waals surface area contributed by atoms with Crippen molar-refractivity contribution >= 4 is 11.6 Å². The highest BCUT2D eigenvalue weighted by Crippen LogP contribution is 2.33. The fourth-order valence-electron chi connectivity index (χ4n) is 2.30. The van der Waals surface area contributed by atoms with Crippen molar-refractivity contribution in [2.45, 2.75) is 96.8 Å². The quantitative estimate of drug-likeness (QED) is 0.291. The first-order valence-electron chi connectivity index (χ1n) is 7.73. The second-order valence-electron chi connectivity index (χ2n) is 5.84. The average Bonchev–Trinajstić information content (AvgIpc) is 2.30. The van der Waals surface area contributed by atoms with E-state index < -0.39 is 0 Å². The molecule has 0 aromatic carbocycles. The first-order valence-corrected chi connectivity index (χ1v) is 8.11. The van der Waals surface area contributed by atoms with E-state index in [2.05, 4.69) is 27.7 Å². The van der Waals surface area contributed by atoms with Crippen LogP contribution >= 0.6 is 11.6 Å². The Morgan fingerprint density at radius 1 is 0.882 bits per heavy atom. The molecular formula is C16H33Cl. The number of alkyl halides is 1. The molecule has 17 heavy (non-hydrogen) atoms. The Balaban J connectivity index is 3.58. The molecular weight excluding hydrogens is 228 g/mol. The summed E-state index contributed by atoms with van der Waals surface area (Å²) in [5.41, 5.74) is 0. The fraction of sp³-hybridized carbons (Fsp3) is 1.00. The van der Waals surface area contributed by atoms with Gasteiger partial charge in [0.05, 0.1) is 0 Å². The third-order valence-electron chi connectivity index (χ3n) is 4.04. The maximum absolute atomic E-state index is 6.63. The minimum absolute atomic E-state index is 0.0272. The Labute approximate surface area is 115 Å². The third kappa shape index (κ3) is 8.94. The van der Waals surface area contributed by atoms with Crippen molar-refractivity contribution in [1.82, 2.24) is 0 Å². The number of rotatable bonds is 11. The Morgan fingerprint density at radius 3 is 2.00 bits per heavy atom. The van der Waals surface area contributed by atoms with Crippen LogP contribution in [0, 0.1) is 5.92 Å². The minimum atomic E-state index is 0.0272. The molecule has 0 aromatic heterocycles. The van der Waals surface area contributed by atoms with E-state index in [1.807, 2.05) is 0 Å². The van der Waals surface area contributed by atoms with Gasteiger partial charge in [-0.15, -0.1) is 11.6 Å². The van der Waals surface area contributed by atoms with Gasteiger partial charge in [0.25, 0.3) is 0 Å². The predicted octanol–water partition coefficient (Wildman–Crippen LogP) is 6.56. The molecule has 0 aliphatic carbocycles. The van der Waals surface area contributed by atoms with Crippen LogP contribution in [0.5, 0.6) is 0 Å². The molecule has 2 atom stereocenters. The summed E-state index contributed by atoms with van der Waals surface area (Å²) in [4.78, 5) is 0.0272. The molecule has 0 aromatic rings. The van der Waals surface area contributed by atoms with E-state index in [0.717, 1.165) is 0 Å². The standard InChI is InChI=1S/C16H33Cl/c1-5-7-9-10-11-12-13-15(3)16(4,17)14-8-6-2/h15H,5-14H2,1-4H3. The molecule has 0 aliphatic heterocycles. The molecule has 0 amide bonds. The molecule has 0 saturated carbocycles. The van der Waals surface area contributed by atoms with Gasteiger partial charge in [-0.3, -0.25) is 0 Å². The van der Waals surface area contributed by atoms with E-state index in [4.69, 9.17) is 11.6 Å². The predicted molar refractivity (Wildman–Crippen MR) is 80.9 cm³/mol. The Kier molecular flexibility index (Phi) is 10.4. The van der Waals surface area contributed by atoms with Crippen LogP contribution in [-0.2, 0) is 0 Å². The van der Waals surface area contributed by atoms with Crippen LogP contribution < -0.4 is 0 Å². The number of halogens is 1. The summed E-state index contributed by atoms with van der Waals surface area (Å²) in [5, 5.41) is 0. The summed E-state index contributed by atoms with van der Waals surface area (Å²) in [7, 11) is 0. The van der Waals surface area contributed by atoms with E-state index >= 15 is 0 Å². The maximum atomic E-state index is 6.63. The molecule has 0 aliphatic rings. The second-order valence-corrected chi connectivity index (χ2v) is 6.70. The highest BCUT2D eigenvalue weighted by atomic mass is 35.5. The summed E-state index contributed by atoms with van der Waals surface area (Å²) in [5.74, 6) is 0.655. The van der Waals surface area contributed by atoms with Gasteiger partial charge < -0.3 is 0 Å². The molecule has 0 radical (unpaired) electrons. The molecule has 0 nitrogen and oxygen atoms in total. The Morgan fingerprint density at radius 2 is 1.41 bits per heavy atom. The molecule has 0 bridgehead atoms. The van der Waals surface area contributed by atoms with Crippen molar-refractivity contribution in [2.75, 3.05) is 0 Å². The lowest BCUT2D eigenvalue weighted by molar-refractivity contribution is 0.354. The summed E-state index contributed by atoms with van der Waals surface area (Å²) in [6.45, 7) is 9.07. The molecule has 0 saturated heterocycles. The number of hydrogen-bond donors (Lipinski definition) is 0. The van der Waals surface area contributed by atoms with Crippen molar-refractivity contribution < 1.29 is 0 Å². The van der Waals surface area contributed by atoms with Crippen LogP contribution in [-0.4, -0.2) is 4.87 Å². The van der Waals surface area contributed by atoms with Gasteiger partial charge >= 0.3 is 0 Å². The van der Waals surface area contributed by atoms with Crippen LogP contribution in [0.25, 0.3) is 0 Å². The van der Waals surface area contributed by atoms with Gasteiger partial charge in [-0.1, -0.05) is 72.1 Å². The Hall–Kier alpha value is 0.290. The van der Waals surface area contributed by atoms with Gasteiger partial charge in [-0.2, -0.15) is 0 Å². The summed E-state index contributed by atoms with van der Waals surface area (Å²) in [6.07, 6.45) is 13.3. The highest BCUT2D eigenvalue weighted by molar-refractivity contribution is 6.23. The number of hydrogen-bond acceptors (Lipinski definition) is 0. The van der Waals surface area contributed by atoms with Crippen molar-refractivity contribution in [3.8, 4) is 0 Å². The number of unbranched alkanes of at least 4 members (excludes halogenated alkanes) is 6. The van der Waals surface area contributed by atoms with Crippen molar-refractivity contribution in [3.63, 3.8) is 0 Å². The first-order chi connectivity index (χ1) is 8.04. The van der Waals surface area contributed by atoms with Gasteiger partial charge in [0, 0.05) is 4.87 Å². The summed E-state index contributed by atoms with van der Waals surface area (Å²) < 4.78 is 0. The topological polar surface area (TPSA) is 0 Å². The molecule has 0 rings (SSSR count). The average molecular weight is 261 g/mol. The van der Waals surface area contributed by atoms with E-state index in [1.165, 1.54) is 64.2 Å². The van der Waals surface area contributed by atoms with Crippen LogP contribution in [0.4, 0.5) is 0 Å². The van der Waals surface area contributed by atoms with E-state index in [1.54, 1.807) is 0 Å². The zero-order chi connectivity index (χ0) is 13.1. The van der Waals surface area contributed by atoms with Crippen molar-refractivity contribution in [1.29, 1.82) is 0 Å². The maximum Gasteiger partial charge on any atom is 0.0444 e. The van der Waals surface area contributed by atoms with Crippen LogP contribution in [0.2, 0.25) is 0 Å². The zero-order valence-electron chi connectivity index (χ0n) is 12.5. The summed E-state index contributed by atoms with van der Waals surface area (Å²) in [6, 6.07) is 0. The first kappa shape index (κ1) is 17.3. The van der Waals surface area contributed by atoms with Gasteiger partial charge in [0.1, 0.15) is 0 Å². The summed E-state index contributed by atoms with van der Waals surface area (Å²) >= 11 is 6.63. The van der Waals surface area contributed by atoms with Gasteiger partial charge in [0.15, 0.2) is 0 Å². The zero-order valence-corrected chi connectivity index (χ0v) is 13.3. The molecule has 0 N–H and O–H groups in total. The Bertz CT molecular complexity index is 163. The fourth-order valence-corrected chi connectivity index (χ4v) is 2.54. The normalized spacial score (nSPS) is 16.8. The van der Waals surface area contributed by atoms with Gasteiger partial charge in [0.2, 0.25) is 0 Å². The van der Waals surface area contributed by atoms with Crippen LogP contribution in [0.15, 0.2) is 0 Å². The molecule has 104 valence electrons. The monoisotopic (exact) mass is 260 g/mol. The lowest BCUT2D eigenvalue weighted by Gasteiger charge is -2.29. The smallest absolute Gasteiger partial charge is 0.0444 e. The van der Waals surface area contributed by atoms with E-state index in [9.17, 15) is 0 Å². The van der Waals surface area contributed by atoms with Crippen molar-refractivity contribution in [2.24, 2.45) is 5.92 Å². The van der Waals surface area contributed by atoms with Crippen molar-refractivity contribution in [3.05, 3.63) is 0 Å². The van der Waals surface area contributed by atoms with Crippen LogP contribution in [0.1, 0.15) is 91.9 Å².